The molecule has 1 saturated heterocycles. The van der Waals surface area contributed by atoms with Crippen molar-refractivity contribution < 1.29 is 9.90 Å². The van der Waals surface area contributed by atoms with Crippen molar-refractivity contribution in [1.29, 1.82) is 0 Å². The summed E-state index contributed by atoms with van der Waals surface area (Å²) in [6.45, 7) is 7.78. The number of benzene rings is 2. The Bertz CT molecular complexity index is 856. The van der Waals surface area contributed by atoms with E-state index in [2.05, 4.69) is 60.5 Å². The van der Waals surface area contributed by atoms with Crippen LogP contribution in [0.1, 0.15) is 60.5 Å². The van der Waals surface area contributed by atoms with Gasteiger partial charge < -0.3 is 15.3 Å². The molecule has 1 heterocycles. The average Bonchev–Trinajstić information content (AvgIpc) is 3.53. The molecule has 2 fully saturated rings. The minimum Gasteiger partial charge on any atom is -0.478 e. The van der Waals surface area contributed by atoms with Gasteiger partial charge in [-0.15, -0.1) is 0 Å². The predicted molar refractivity (Wildman–Crippen MR) is 121 cm³/mol. The van der Waals surface area contributed by atoms with Crippen LogP contribution >= 0.6 is 0 Å². The zero-order valence-corrected chi connectivity index (χ0v) is 18.2. The maximum absolute atomic E-state index is 11.4. The molecule has 4 rings (SSSR count). The highest BCUT2D eigenvalue weighted by Gasteiger charge is 2.41. The number of carbonyl (C=O) groups is 1. The third kappa shape index (κ3) is 4.93. The van der Waals surface area contributed by atoms with E-state index >= 15 is 0 Å². The van der Waals surface area contributed by atoms with Gasteiger partial charge in [0.25, 0.3) is 0 Å². The van der Waals surface area contributed by atoms with Crippen LogP contribution in [0.15, 0.2) is 54.6 Å². The molecule has 4 nitrogen and oxygen atoms in total. The Balaban J connectivity index is 1.44. The molecule has 0 unspecified atom stereocenters. The van der Waals surface area contributed by atoms with Crippen molar-refractivity contribution in [2.24, 2.45) is 5.41 Å². The SMILES string of the molecule is CC(C)N1CCC(CN[C@@H]2C[C@H]2c2ccccc2)(Cc2cccc(C(=O)O)c2)CC1. The van der Waals surface area contributed by atoms with E-state index in [1.807, 2.05) is 12.1 Å². The fourth-order valence-electron chi connectivity index (χ4n) is 5.01. The van der Waals surface area contributed by atoms with Gasteiger partial charge in [-0.05, 0) is 81.3 Å². The molecule has 0 radical (unpaired) electrons. The topological polar surface area (TPSA) is 52.6 Å². The van der Waals surface area contributed by atoms with Gasteiger partial charge in [-0.25, -0.2) is 4.79 Å². The van der Waals surface area contributed by atoms with Crippen molar-refractivity contribution in [2.45, 2.75) is 57.5 Å². The van der Waals surface area contributed by atoms with Crippen molar-refractivity contribution in [3.05, 3.63) is 71.3 Å². The van der Waals surface area contributed by atoms with E-state index in [1.165, 1.54) is 12.0 Å². The van der Waals surface area contributed by atoms with Gasteiger partial charge >= 0.3 is 5.97 Å². The standard InChI is InChI=1S/C26H34N2O2/c1-19(2)28-13-11-26(12-14-28,17-20-7-6-10-22(15-20)25(29)30)18-27-24-16-23(24)21-8-4-3-5-9-21/h3-10,15,19,23-24,27H,11-14,16-18H2,1-2H3,(H,29,30)/t23-,24+/m0/s1. The zero-order valence-electron chi connectivity index (χ0n) is 18.2. The molecule has 2 atom stereocenters. The summed E-state index contributed by atoms with van der Waals surface area (Å²) in [7, 11) is 0. The summed E-state index contributed by atoms with van der Waals surface area (Å²) in [6.07, 6.45) is 4.46. The number of carboxylic acid groups (broad SMARTS) is 1. The molecule has 1 saturated carbocycles. The van der Waals surface area contributed by atoms with E-state index in [-0.39, 0.29) is 5.41 Å². The maximum atomic E-state index is 11.4. The van der Waals surface area contributed by atoms with Gasteiger partial charge in [0, 0.05) is 24.5 Å². The summed E-state index contributed by atoms with van der Waals surface area (Å²) >= 11 is 0. The van der Waals surface area contributed by atoms with E-state index in [0.29, 0.717) is 23.6 Å². The van der Waals surface area contributed by atoms with Crippen molar-refractivity contribution >= 4 is 5.97 Å². The molecule has 160 valence electrons. The lowest BCUT2D eigenvalue weighted by Gasteiger charge is -2.44. The molecule has 1 aliphatic heterocycles. The first-order valence-electron chi connectivity index (χ1n) is 11.3. The van der Waals surface area contributed by atoms with Crippen LogP contribution in [0.2, 0.25) is 0 Å². The van der Waals surface area contributed by atoms with Gasteiger partial charge in [-0.1, -0.05) is 42.5 Å². The Morgan fingerprint density at radius 2 is 1.87 bits per heavy atom. The van der Waals surface area contributed by atoms with E-state index in [1.54, 1.807) is 6.07 Å². The number of rotatable bonds is 8. The van der Waals surface area contributed by atoms with Crippen molar-refractivity contribution in [3.8, 4) is 0 Å². The summed E-state index contributed by atoms with van der Waals surface area (Å²) in [5.74, 6) is -0.211. The Labute approximate surface area is 180 Å². The molecule has 0 bridgehead atoms. The van der Waals surface area contributed by atoms with Crippen LogP contribution in [0.4, 0.5) is 0 Å². The number of hydrogen-bond donors (Lipinski definition) is 2. The minimum absolute atomic E-state index is 0.187. The van der Waals surface area contributed by atoms with Crippen LogP contribution in [0.25, 0.3) is 0 Å². The Kier molecular flexibility index (Phi) is 6.26. The van der Waals surface area contributed by atoms with E-state index in [0.717, 1.165) is 44.5 Å². The average molecular weight is 407 g/mol. The highest BCUT2D eigenvalue weighted by Crippen LogP contribution is 2.42. The maximum Gasteiger partial charge on any atom is 0.335 e. The van der Waals surface area contributed by atoms with Crippen molar-refractivity contribution in [1.82, 2.24) is 10.2 Å². The van der Waals surface area contributed by atoms with Crippen LogP contribution < -0.4 is 5.32 Å². The molecule has 2 N–H and O–H groups in total. The molecule has 2 aromatic carbocycles. The summed E-state index contributed by atoms with van der Waals surface area (Å²) < 4.78 is 0. The first kappa shape index (κ1) is 21.1. The van der Waals surface area contributed by atoms with E-state index in [4.69, 9.17) is 0 Å². The molecule has 2 aliphatic rings. The fourth-order valence-corrected chi connectivity index (χ4v) is 5.01. The first-order chi connectivity index (χ1) is 14.5. The third-order valence-electron chi connectivity index (χ3n) is 7.10. The number of piperidine rings is 1. The highest BCUT2D eigenvalue weighted by atomic mass is 16.4. The molecule has 4 heteroatoms. The number of nitrogens with one attached hydrogen (secondary N) is 1. The number of aromatic carboxylic acids is 1. The number of carboxylic acids is 1. The lowest BCUT2D eigenvalue weighted by molar-refractivity contribution is 0.0695. The molecule has 0 amide bonds. The summed E-state index contributed by atoms with van der Waals surface area (Å²) in [4.78, 5) is 14.0. The predicted octanol–water partition coefficient (Wildman–Crippen LogP) is 4.56. The molecular weight excluding hydrogens is 372 g/mol. The number of likely N-dealkylation sites (tertiary alicyclic amines) is 1. The van der Waals surface area contributed by atoms with Gasteiger partial charge in [0.2, 0.25) is 0 Å². The van der Waals surface area contributed by atoms with Crippen LogP contribution in [0.5, 0.6) is 0 Å². The zero-order chi connectivity index (χ0) is 21.1. The summed E-state index contributed by atoms with van der Waals surface area (Å²) in [5, 5.41) is 13.3. The van der Waals surface area contributed by atoms with Gasteiger partial charge in [0.05, 0.1) is 5.56 Å². The molecule has 2 aromatic rings. The molecule has 30 heavy (non-hydrogen) atoms. The van der Waals surface area contributed by atoms with Crippen LogP contribution in [-0.2, 0) is 6.42 Å². The van der Waals surface area contributed by atoms with Gasteiger partial charge in [-0.2, -0.15) is 0 Å². The number of nitrogens with zero attached hydrogens (tertiary/aromatic N) is 1. The van der Waals surface area contributed by atoms with E-state index in [9.17, 15) is 9.90 Å². The van der Waals surface area contributed by atoms with E-state index < -0.39 is 5.97 Å². The molecule has 0 spiro atoms. The molecule has 1 aliphatic carbocycles. The summed E-state index contributed by atoms with van der Waals surface area (Å²) in [6, 6.07) is 19.5. The van der Waals surface area contributed by atoms with Gasteiger partial charge in [0.1, 0.15) is 0 Å². The van der Waals surface area contributed by atoms with Crippen LogP contribution in [0.3, 0.4) is 0 Å². The third-order valence-corrected chi connectivity index (χ3v) is 7.10. The number of hydrogen-bond acceptors (Lipinski definition) is 3. The van der Waals surface area contributed by atoms with Crippen LogP contribution in [-0.4, -0.2) is 47.7 Å². The Hall–Kier alpha value is -2.17. The largest absolute Gasteiger partial charge is 0.478 e. The second kappa shape index (κ2) is 8.91. The highest BCUT2D eigenvalue weighted by molar-refractivity contribution is 5.87. The van der Waals surface area contributed by atoms with Crippen molar-refractivity contribution in [2.75, 3.05) is 19.6 Å². The smallest absolute Gasteiger partial charge is 0.335 e. The minimum atomic E-state index is -0.845. The van der Waals surface area contributed by atoms with Crippen molar-refractivity contribution in [3.63, 3.8) is 0 Å². The Morgan fingerprint density at radius 1 is 1.13 bits per heavy atom. The molecular formula is C26H34N2O2. The quantitative estimate of drug-likeness (QED) is 0.675. The first-order valence-corrected chi connectivity index (χ1v) is 11.3. The fraction of sp³-hybridized carbons (Fsp3) is 0.500. The second-order valence-electron chi connectivity index (χ2n) is 9.55. The Morgan fingerprint density at radius 3 is 2.53 bits per heavy atom. The monoisotopic (exact) mass is 406 g/mol. The lowest BCUT2D eigenvalue weighted by Crippen LogP contribution is -2.48. The van der Waals surface area contributed by atoms with Gasteiger partial charge in [-0.3, -0.25) is 0 Å². The normalized spacial score (nSPS) is 23.4. The summed E-state index contributed by atoms with van der Waals surface area (Å²) in [5.41, 5.74) is 3.16. The second-order valence-corrected chi connectivity index (χ2v) is 9.55. The lowest BCUT2D eigenvalue weighted by atomic mass is 9.73. The van der Waals surface area contributed by atoms with Crippen LogP contribution in [0, 0.1) is 5.41 Å². The van der Waals surface area contributed by atoms with Gasteiger partial charge in [0.15, 0.2) is 0 Å². The molecule has 0 aromatic heterocycles.